The van der Waals surface area contributed by atoms with E-state index < -0.39 is 0 Å². The molecule has 1 aromatic rings. The molecule has 4 heteroatoms. The number of rotatable bonds is 3. The maximum Gasteiger partial charge on any atom is 0.358 e. The zero-order chi connectivity index (χ0) is 12.4. The van der Waals surface area contributed by atoms with E-state index in [9.17, 15) is 4.79 Å². The van der Waals surface area contributed by atoms with E-state index in [1.54, 1.807) is 0 Å². The number of aromatic nitrogens is 2. The first-order valence-corrected chi connectivity index (χ1v) is 6.37. The van der Waals surface area contributed by atoms with Gasteiger partial charge in [-0.05, 0) is 33.6 Å². The van der Waals surface area contributed by atoms with Gasteiger partial charge in [-0.2, -0.15) is 0 Å². The van der Waals surface area contributed by atoms with Crippen LogP contribution in [0.25, 0.3) is 0 Å². The van der Waals surface area contributed by atoms with Gasteiger partial charge in [-0.15, -0.1) is 0 Å². The molecule has 2 rings (SSSR count). The summed E-state index contributed by atoms with van der Waals surface area (Å²) in [5.41, 5.74) is 1.43. The van der Waals surface area contributed by atoms with Crippen molar-refractivity contribution in [1.82, 2.24) is 9.55 Å². The SMILES string of the molecule is CCOC(=O)c1nc(C)n(C2CCCC2)c1C. The van der Waals surface area contributed by atoms with Crippen LogP contribution in [0.1, 0.15) is 60.7 Å². The Kier molecular flexibility index (Phi) is 3.50. The molecule has 1 heterocycles. The van der Waals surface area contributed by atoms with Crippen LogP contribution in [-0.4, -0.2) is 22.1 Å². The third-order valence-electron chi connectivity index (χ3n) is 3.48. The molecule has 0 aliphatic heterocycles. The molecule has 0 aromatic carbocycles. The molecular weight excluding hydrogens is 216 g/mol. The van der Waals surface area contributed by atoms with E-state index in [1.807, 2.05) is 20.8 Å². The normalized spacial score (nSPS) is 16.4. The van der Waals surface area contributed by atoms with E-state index in [1.165, 1.54) is 25.7 Å². The van der Waals surface area contributed by atoms with Crippen molar-refractivity contribution < 1.29 is 9.53 Å². The molecule has 1 aromatic heterocycles. The van der Waals surface area contributed by atoms with Gasteiger partial charge in [0.2, 0.25) is 0 Å². The molecule has 17 heavy (non-hydrogen) atoms. The Labute approximate surface area is 102 Å². The molecule has 0 N–H and O–H groups in total. The van der Waals surface area contributed by atoms with Crippen LogP contribution in [0.4, 0.5) is 0 Å². The molecular formula is C13H20N2O2. The molecule has 1 fully saturated rings. The van der Waals surface area contributed by atoms with Crippen LogP contribution in [0.15, 0.2) is 0 Å². The zero-order valence-electron chi connectivity index (χ0n) is 10.8. The summed E-state index contributed by atoms with van der Waals surface area (Å²) in [6.45, 7) is 6.14. The van der Waals surface area contributed by atoms with Gasteiger partial charge in [-0.3, -0.25) is 0 Å². The van der Waals surface area contributed by atoms with Gasteiger partial charge in [0.25, 0.3) is 0 Å². The smallest absolute Gasteiger partial charge is 0.358 e. The van der Waals surface area contributed by atoms with Gasteiger partial charge in [0, 0.05) is 11.7 Å². The van der Waals surface area contributed by atoms with Gasteiger partial charge < -0.3 is 9.30 Å². The first-order chi connectivity index (χ1) is 8.15. The molecule has 1 saturated carbocycles. The third kappa shape index (κ3) is 2.21. The second kappa shape index (κ2) is 4.90. The maximum atomic E-state index is 11.7. The predicted octanol–water partition coefficient (Wildman–Crippen LogP) is 2.79. The Hall–Kier alpha value is -1.32. The van der Waals surface area contributed by atoms with Crippen LogP contribution in [0.5, 0.6) is 0 Å². The quantitative estimate of drug-likeness (QED) is 0.758. The highest BCUT2D eigenvalue weighted by molar-refractivity contribution is 5.88. The molecule has 0 saturated heterocycles. The van der Waals surface area contributed by atoms with E-state index >= 15 is 0 Å². The fraction of sp³-hybridized carbons (Fsp3) is 0.692. The fourth-order valence-corrected chi connectivity index (χ4v) is 2.75. The minimum atomic E-state index is -0.301. The van der Waals surface area contributed by atoms with Crippen molar-refractivity contribution in [2.45, 2.75) is 52.5 Å². The molecule has 1 aliphatic rings. The Morgan fingerprint density at radius 3 is 2.65 bits per heavy atom. The number of hydrogen-bond donors (Lipinski definition) is 0. The van der Waals surface area contributed by atoms with Crippen molar-refractivity contribution in [2.75, 3.05) is 6.61 Å². The third-order valence-corrected chi connectivity index (χ3v) is 3.48. The number of aryl methyl sites for hydroxylation is 1. The minimum Gasteiger partial charge on any atom is -0.461 e. The van der Waals surface area contributed by atoms with Crippen molar-refractivity contribution in [3.63, 3.8) is 0 Å². The van der Waals surface area contributed by atoms with Crippen LogP contribution in [-0.2, 0) is 4.74 Å². The highest BCUT2D eigenvalue weighted by Gasteiger charge is 2.25. The van der Waals surface area contributed by atoms with Crippen molar-refractivity contribution in [2.24, 2.45) is 0 Å². The number of hydrogen-bond acceptors (Lipinski definition) is 3. The topological polar surface area (TPSA) is 44.1 Å². The second-order valence-corrected chi connectivity index (χ2v) is 4.62. The second-order valence-electron chi connectivity index (χ2n) is 4.62. The minimum absolute atomic E-state index is 0.301. The summed E-state index contributed by atoms with van der Waals surface area (Å²) in [5.74, 6) is 0.627. The number of imidazole rings is 1. The number of carbonyl (C=O) groups excluding carboxylic acids is 1. The Balaban J connectivity index is 2.31. The standard InChI is InChI=1S/C13H20N2O2/c1-4-17-13(16)12-9(2)15(10(3)14-12)11-7-5-6-8-11/h11H,4-8H2,1-3H3. The molecule has 0 unspecified atom stereocenters. The lowest BCUT2D eigenvalue weighted by atomic mass is 10.2. The van der Waals surface area contributed by atoms with Crippen LogP contribution in [0.3, 0.4) is 0 Å². The lowest BCUT2D eigenvalue weighted by molar-refractivity contribution is 0.0519. The summed E-state index contributed by atoms with van der Waals surface area (Å²) in [7, 11) is 0. The molecule has 1 aliphatic carbocycles. The number of nitrogens with zero attached hydrogens (tertiary/aromatic N) is 2. The van der Waals surface area contributed by atoms with E-state index in [4.69, 9.17) is 4.74 Å². The monoisotopic (exact) mass is 236 g/mol. The number of carbonyl (C=O) groups is 1. The van der Waals surface area contributed by atoms with Gasteiger partial charge >= 0.3 is 5.97 Å². The average molecular weight is 236 g/mol. The zero-order valence-corrected chi connectivity index (χ0v) is 10.8. The van der Waals surface area contributed by atoms with Crippen LogP contribution >= 0.6 is 0 Å². The van der Waals surface area contributed by atoms with E-state index in [0.29, 0.717) is 18.3 Å². The summed E-state index contributed by atoms with van der Waals surface area (Å²) in [6.07, 6.45) is 4.94. The Morgan fingerprint density at radius 1 is 1.41 bits per heavy atom. The molecule has 0 spiro atoms. The van der Waals surface area contributed by atoms with E-state index in [2.05, 4.69) is 9.55 Å². The highest BCUT2D eigenvalue weighted by atomic mass is 16.5. The average Bonchev–Trinajstić information content (AvgIpc) is 2.87. The van der Waals surface area contributed by atoms with Crippen molar-refractivity contribution in [3.8, 4) is 0 Å². The highest BCUT2D eigenvalue weighted by Crippen LogP contribution is 2.32. The van der Waals surface area contributed by atoms with E-state index in [-0.39, 0.29) is 5.97 Å². The van der Waals surface area contributed by atoms with Crippen LogP contribution < -0.4 is 0 Å². The van der Waals surface area contributed by atoms with Gasteiger partial charge in [0.1, 0.15) is 5.82 Å². The van der Waals surface area contributed by atoms with E-state index in [0.717, 1.165) is 11.5 Å². The Morgan fingerprint density at radius 2 is 2.06 bits per heavy atom. The van der Waals surface area contributed by atoms with Crippen molar-refractivity contribution >= 4 is 5.97 Å². The first-order valence-electron chi connectivity index (χ1n) is 6.37. The van der Waals surface area contributed by atoms with Crippen molar-refractivity contribution in [3.05, 3.63) is 17.2 Å². The molecule has 94 valence electrons. The maximum absolute atomic E-state index is 11.7. The predicted molar refractivity (Wildman–Crippen MR) is 65.2 cm³/mol. The molecule has 0 amide bonds. The lowest BCUT2D eigenvalue weighted by Crippen LogP contribution is -2.11. The lowest BCUT2D eigenvalue weighted by Gasteiger charge is -2.15. The summed E-state index contributed by atoms with van der Waals surface area (Å²) in [5, 5.41) is 0. The molecule has 4 nitrogen and oxygen atoms in total. The van der Waals surface area contributed by atoms with Crippen molar-refractivity contribution in [1.29, 1.82) is 0 Å². The van der Waals surface area contributed by atoms with Crippen LogP contribution in [0, 0.1) is 13.8 Å². The molecule has 0 radical (unpaired) electrons. The fourth-order valence-electron chi connectivity index (χ4n) is 2.75. The number of ether oxygens (including phenoxy) is 1. The molecule has 0 bridgehead atoms. The first kappa shape index (κ1) is 12.1. The molecule has 0 atom stereocenters. The van der Waals surface area contributed by atoms with Gasteiger partial charge in [-0.25, -0.2) is 9.78 Å². The van der Waals surface area contributed by atoms with Gasteiger partial charge in [0.15, 0.2) is 5.69 Å². The van der Waals surface area contributed by atoms with Gasteiger partial charge in [-0.1, -0.05) is 12.8 Å². The van der Waals surface area contributed by atoms with Crippen LogP contribution in [0.2, 0.25) is 0 Å². The van der Waals surface area contributed by atoms with Gasteiger partial charge in [0.05, 0.1) is 6.61 Å². The summed E-state index contributed by atoms with van der Waals surface area (Å²) in [6, 6.07) is 0.519. The summed E-state index contributed by atoms with van der Waals surface area (Å²) in [4.78, 5) is 16.1. The largest absolute Gasteiger partial charge is 0.461 e. The summed E-state index contributed by atoms with van der Waals surface area (Å²) < 4.78 is 7.23. The summed E-state index contributed by atoms with van der Waals surface area (Å²) >= 11 is 0. The number of esters is 1. The Bertz CT molecular complexity index is 417.